The highest BCUT2D eigenvalue weighted by Crippen LogP contribution is 2.34. The third-order valence-corrected chi connectivity index (χ3v) is 8.79. The summed E-state index contributed by atoms with van der Waals surface area (Å²) in [6.45, 7) is 3.87. The number of imidazole rings is 2. The first-order chi connectivity index (χ1) is 25.5. The van der Waals surface area contributed by atoms with Gasteiger partial charge < -0.3 is 15.7 Å². The van der Waals surface area contributed by atoms with Gasteiger partial charge in [0.15, 0.2) is 0 Å². The molecule has 2 aliphatic rings. The van der Waals surface area contributed by atoms with Gasteiger partial charge in [-0.15, -0.1) is 0 Å². The van der Waals surface area contributed by atoms with E-state index in [2.05, 4.69) is 19.9 Å². The van der Waals surface area contributed by atoms with Crippen LogP contribution >= 0.6 is 0 Å². The number of fused-ring (bicyclic) bond motifs is 6. The summed E-state index contributed by atoms with van der Waals surface area (Å²) < 4.78 is 25.1. The second-order valence-electron chi connectivity index (χ2n) is 12.3. The monoisotopic (exact) mass is 729 g/mol. The molecule has 0 saturated heterocycles. The maximum atomic E-state index is 13.0. The number of H-pyrrole nitrogens is 2. The Bertz CT molecular complexity index is 2400. The first-order valence-electron chi connectivity index (χ1n) is 16.8. The fourth-order valence-electron chi connectivity index (χ4n) is 5.95. The predicted molar refractivity (Wildman–Crippen MR) is 201 cm³/mol. The second-order valence-corrected chi connectivity index (χ2v) is 12.3. The highest BCUT2D eigenvalue weighted by Gasteiger charge is 2.34. The summed E-state index contributed by atoms with van der Waals surface area (Å²) in [5, 5.41) is 0. The van der Waals surface area contributed by atoms with Gasteiger partial charge in [0.05, 0.1) is 0 Å². The molecule has 0 atom stereocenters. The van der Waals surface area contributed by atoms with Crippen LogP contribution in [-0.4, -0.2) is 49.4 Å². The Balaban J connectivity index is 0.000000173. The van der Waals surface area contributed by atoms with Crippen molar-refractivity contribution in [2.24, 2.45) is 0 Å². The van der Waals surface area contributed by atoms with E-state index in [1.165, 1.54) is 42.5 Å². The molecule has 2 heterocycles. The van der Waals surface area contributed by atoms with Gasteiger partial charge in [-0.25, -0.2) is 18.7 Å². The minimum Gasteiger partial charge on any atom is -0.399 e. The molecule has 54 heavy (non-hydrogen) atoms. The number of aromatic nitrogens is 4. The van der Waals surface area contributed by atoms with Crippen LogP contribution < -0.4 is 5.73 Å². The minimum absolute atomic E-state index is 0. The highest BCUT2D eigenvalue weighted by molar-refractivity contribution is 6.53. The summed E-state index contributed by atoms with van der Waals surface area (Å²) in [5.74, 6) is -1.28. The van der Waals surface area contributed by atoms with Gasteiger partial charge in [-0.1, -0.05) is 45.5 Å². The Hall–Kier alpha value is -6.69. The summed E-state index contributed by atoms with van der Waals surface area (Å²) in [7, 11) is 0. The number of aryl methyl sites for hydroxylation is 4. The number of carbonyl (C=O) groups excluding carboxylic acids is 5. The van der Waals surface area contributed by atoms with E-state index in [-0.39, 0.29) is 24.8 Å². The van der Waals surface area contributed by atoms with E-state index in [0.29, 0.717) is 87.8 Å². The van der Waals surface area contributed by atoms with Crippen LogP contribution in [0.15, 0.2) is 84.9 Å². The number of anilines is 1. The molecule has 274 valence electrons. The van der Waals surface area contributed by atoms with E-state index < -0.39 is 23.1 Å². The smallest absolute Gasteiger partial charge is 0.251 e. The molecule has 0 bridgehead atoms. The standard InChI is InChI=1S/C21H17FN2O2.C13H11N3O2.C7H5FO.CH4/c1-2-17-23-18-15-10-7-13(4-3-12-5-8-14(22)9-6-12)11-16(15)20(25)21(26)19(18)24-17;1-2-9-15-10-7-4-3-6(14)5-8(7)12(17)13(18)11(10)16-9;8-7-3-1-6(5-9)2-4-7;/h5-11H,2-4H2,1H3,(H,23,24);3-5H,2,14H2,1H3,(H,15,16);1-5H;1H4. The number of nitrogens with two attached hydrogens (primary N) is 1. The molecule has 4 aromatic carbocycles. The van der Waals surface area contributed by atoms with Crippen LogP contribution in [0.25, 0.3) is 22.5 Å². The zero-order chi connectivity index (χ0) is 37.8. The number of carbonyl (C=O) groups is 5. The zero-order valence-corrected chi connectivity index (χ0v) is 28.8. The summed E-state index contributed by atoms with van der Waals surface area (Å²) in [4.78, 5) is 73.5. The number of hydrogen-bond acceptors (Lipinski definition) is 8. The van der Waals surface area contributed by atoms with Crippen molar-refractivity contribution in [2.75, 3.05) is 5.73 Å². The van der Waals surface area contributed by atoms with Crippen LogP contribution in [0, 0.1) is 11.6 Å². The van der Waals surface area contributed by atoms with Crippen molar-refractivity contribution in [3.63, 3.8) is 0 Å². The van der Waals surface area contributed by atoms with Crippen molar-refractivity contribution in [1.82, 2.24) is 19.9 Å². The zero-order valence-electron chi connectivity index (χ0n) is 28.8. The average molecular weight is 730 g/mol. The molecule has 0 saturated carbocycles. The molecule has 4 N–H and O–H groups in total. The highest BCUT2D eigenvalue weighted by atomic mass is 19.1. The van der Waals surface area contributed by atoms with E-state index >= 15 is 0 Å². The van der Waals surface area contributed by atoms with Crippen molar-refractivity contribution >= 4 is 35.1 Å². The van der Waals surface area contributed by atoms with Gasteiger partial charge in [0.25, 0.3) is 11.6 Å². The molecule has 6 aromatic rings. The fraction of sp³-hybridized carbons (Fsp3) is 0.167. The summed E-state index contributed by atoms with van der Waals surface area (Å²) in [6.07, 6.45) is 3.46. The maximum absolute atomic E-state index is 13.0. The van der Waals surface area contributed by atoms with Gasteiger partial charge in [0.1, 0.15) is 52.3 Å². The number of nitrogens with zero attached hydrogens (tertiary/aromatic N) is 2. The van der Waals surface area contributed by atoms with Crippen molar-refractivity contribution in [3.8, 4) is 22.5 Å². The number of ketones is 4. The molecule has 10 nitrogen and oxygen atoms in total. The quantitative estimate of drug-likeness (QED) is 0.0886. The van der Waals surface area contributed by atoms with Crippen molar-refractivity contribution in [1.29, 1.82) is 0 Å². The number of Topliss-reactive ketones (excluding diaryl/α,β-unsaturated/α-hetero) is 4. The number of aromatic amines is 2. The lowest BCUT2D eigenvalue weighted by Crippen LogP contribution is -2.21. The Morgan fingerprint density at radius 2 is 1.04 bits per heavy atom. The van der Waals surface area contributed by atoms with Gasteiger partial charge in [-0.05, 0) is 84.6 Å². The summed E-state index contributed by atoms with van der Waals surface area (Å²) >= 11 is 0. The number of nitrogen functional groups attached to an aromatic ring is 1. The Morgan fingerprint density at radius 1 is 0.593 bits per heavy atom. The molecular weight excluding hydrogens is 692 g/mol. The number of rotatable bonds is 6. The van der Waals surface area contributed by atoms with Crippen LogP contribution in [0.1, 0.15) is 96.1 Å². The molecular formula is C42H37F2N5O5. The Morgan fingerprint density at radius 3 is 1.54 bits per heavy atom. The molecule has 0 radical (unpaired) electrons. The number of nitrogens with one attached hydrogen (secondary N) is 2. The summed E-state index contributed by atoms with van der Waals surface area (Å²) in [5.41, 5.74) is 12.4. The normalized spacial score (nSPS) is 12.1. The van der Waals surface area contributed by atoms with Crippen LogP contribution in [-0.2, 0) is 25.7 Å². The number of halogens is 2. The third-order valence-electron chi connectivity index (χ3n) is 8.79. The lowest BCUT2D eigenvalue weighted by Gasteiger charge is -2.14. The second kappa shape index (κ2) is 16.3. The average Bonchev–Trinajstić information content (AvgIpc) is 3.82. The molecule has 2 aliphatic carbocycles. The lowest BCUT2D eigenvalue weighted by molar-refractivity contribution is 0.0812. The van der Waals surface area contributed by atoms with Crippen LogP contribution in [0.3, 0.4) is 0 Å². The molecule has 2 aromatic heterocycles. The SMILES string of the molecule is C.CCc1nc2c([nH]1)C(=O)C(=O)c1cc(CCc3ccc(F)cc3)ccc1-2.CCc1nc2c([nH]1)C(=O)C(=O)c1cc(N)ccc1-2.O=Cc1ccc(F)cc1. The molecule has 12 heteroatoms. The van der Waals surface area contributed by atoms with Crippen LogP contribution in [0.2, 0.25) is 0 Å². The van der Waals surface area contributed by atoms with Crippen molar-refractivity contribution in [2.45, 2.75) is 47.0 Å². The van der Waals surface area contributed by atoms with E-state index in [1.807, 2.05) is 26.0 Å². The molecule has 8 rings (SSSR count). The van der Waals surface area contributed by atoms with Crippen molar-refractivity contribution in [3.05, 3.63) is 147 Å². The van der Waals surface area contributed by atoms with Gasteiger partial charge in [0.2, 0.25) is 11.6 Å². The molecule has 0 aliphatic heterocycles. The topological polar surface area (TPSA) is 169 Å². The molecule has 0 fully saturated rings. The van der Waals surface area contributed by atoms with Gasteiger partial charge in [-0.3, -0.25) is 24.0 Å². The first kappa shape index (κ1) is 38.5. The van der Waals surface area contributed by atoms with Gasteiger partial charge in [-0.2, -0.15) is 0 Å². The van der Waals surface area contributed by atoms with Gasteiger partial charge in [0, 0.05) is 46.3 Å². The van der Waals surface area contributed by atoms with Crippen molar-refractivity contribution < 1.29 is 32.8 Å². The molecule has 0 amide bonds. The van der Waals surface area contributed by atoms with Crippen LogP contribution in [0.4, 0.5) is 14.5 Å². The largest absolute Gasteiger partial charge is 0.399 e. The Labute approximate surface area is 309 Å². The van der Waals surface area contributed by atoms with E-state index in [9.17, 15) is 32.8 Å². The molecule has 0 spiro atoms. The van der Waals surface area contributed by atoms with E-state index in [0.717, 1.165) is 17.5 Å². The van der Waals surface area contributed by atoms with Crippen LogP contribution in [0.5, 0.6) is 0 Å². The first-order valence-corrected chi connectivity index (χ1v) is 16.8. The molecule has 0 unspecified atom stereocenters. The van der Waals surface area contributed by atoms with E-state index in [4.69, 9.17) is 5.73 Å². The van der Waals surface area contributed by atoms with E-state index in [1.54, 1.807) is 30.3 Å². The number of aldehydes is 1. The predicted octanol–water partition coefficient (Wildman–Crippen LogP) is 7.82. The Kier molecular flexibility index (Phi) is 11.7. The van der Waals surface area contributed by atoms with Gasteiger partial charge >= 0.3 is 0 Å². The number of hydrogen-bond donors (Lipinski definition) is 3. The summed E-state index contributed by atoms with van der Waals surface area (Å²) in [6, 6.07) is 22.3. The third kappa shape index (κ3) is 7.87. The minimum atomic E-state index is -0.546. The fourth-order valence-corrected chi connectivity index (χ4v) is 5.95. The maximum Gasteiger partial charge on any atom is 0.251 e. The lowest BCUT2D eigenvalue weighted by atomic mass is 9.88. The number of benzene rings is 4.